The Morgan fingerprint density at radius 2 is 2.00 bits per heavy atom. The summed E-state index contributed by atoms with van der Waals surface area (Å²) in [5.41, 5.74) is 4.69. The molecule has 0 N–H and O–H groups in total. The summed E-state index contributed by atoms with van der Waals surface area (Å²) in [6.45, 7) is 5.26. The molecule has 2 aromatic heterocycles. The van der Waals surface area contributed by atoms with Gasteiger partial charge < -0.3 is 9.64 Å². The second kappa shape index (κ2) is 8.71. The van der Waals surface area contributed by atoms with Crippen molar-refractivity contribution in [3.05, 3.63) is 59.2 Å². The Hall–Kier alpha value is -2.77. The number of carbonyl (C=O) groups excluding carboxylic acids is 1. The van der Waals surface area contributed by atoms with Crippen LogP contribution >= 0.6 is 11.3 Å². The topological polar surface area (TPSA) is 58.6 Å². The third kappa shape index (κ3) is 4.16. The minimum Gasteiger partial charge on any atom is -0.378 e. The number of benzene rings is 1. The van der Waals surface area contributed by atoms with Crippen molar-refractivity contribution in [2.75, 3.05) is 43.2 Å². The highest BCUT2D eigenvalue weighted by Crippen LogP contribution is 2.30. The molecule has 0 aliphatic carbocycles. The number of morpholine rings is 1. The van der Waals surface area contributed by atoms with Gasteiger partial charge in [-0.05, 0) is 24.1 Å². The zero-order valence-corrected chi connectivity index (χ0v) is 17.5. The first-order valence-electron chi connectivity index (χ1n) is 9.78. The molecule has 6 nitrogen and oxygen atoms in total. The van der Waals surface area contributed by atoms with Crippen molar-refractivity contribution in [2.45, 2.75) is 13.3 Å². The normalized spacial score (nSPS) is 14.1. The quantitative estimate of drug-likeness (QED) is 0.641. The number of nitrogens with zero attached hydrogens (tertiary/aromatic N) is 4. The van der Waals surface area contributed by atoms with E-state index in [0.29, 0.717) is 10.8 Å². The Labute approximate surface area is 174 Å². The van der Waals surface area contributed by atoms with Gasteiger partial charge in [-0.25, -0.2) is 9.97 Å². The first kappa shape index (κ1) is 19.5. The highest BCUT2D eigenvalue weighted by molar-refractivity contribution is 7.14. The van der Waals surface area contributed by atoms with E-state index in [0.717, 1.165) is 49.7 Å². The van der Waals surface area contributed by atoms with Gasteiger partial charge in [0, 0.05) is 31.1 Å². The summed E-state index contributed by atoms with van der Waals surface area (Å²) in [7, 11) is 1.74. The average Bonchev–Trinajstić information content (AvgIpc) is 3.29. The van der Waals surface area contributed by atoms with Crippen molar-refractivity contribution in [1.82, 2.24) is 9.97 Å². The van der Waals surface area contributed by atoms with E-state index >= 15 is 0 Å². The minimum atomic E-state index is -0.164. The van der Waals surface area contributed by atoms with E-state index in [1.54, 1.807) is 24.2 Å². The van der Waals surface area contributed by atoms with Gasteiger partial charge in [-0.3, -0.25) is 9.69 Å². The molecule has 0 saturated carbocycles. The van der Waals surface area contributed by atoms with Crippen molar-refractivity contribution in [3.8, 4) is 11.3 Å². The number of aromatic nitrogens is 2. The number of carbonyl (C=O) groups is 1. The number of hydrogen-bond acceptors (Lipinski definition) is 6. The monoisotopic (exact) mass is 408 g/mol. The predicted octanol–water partition coefficient (Wildman–Crippen LogP) is 3.88. The molecule has 1 aliphatic heterocycles. The van der Waals surface area contributed by atoms with Gasteiger partial charge in [0.25, 0.3) is 5.91 Å². The van der Waals surface area contributed by atoms with E-state index in [9.17, 15) is 4.79 Å². The van der Waals surface area contributed by atoms with E-state index in [2.05, 4.69) is 28.9 Å². The van der Waals surface area contributed by atoms with Crippen LogP contribution in [-0.4, -0.2) is 49.2 Å². The van der Waals surface area contributed by atoms with Gasteiger partial charge in [0.1, 0.15) is 5.69 Å². The van der Waals surface area contributed by atoms with E-state index in [4.69, 9.17) is 9.72 Å². The van der Waals surface area contributed by atoms with Gasteiger partial charge in [-0.15, -0.1) is 11.3 Å². The van der Waals surface area contributed by atoms with Crippen molar-refractivity contribution in [3.63, 3.8) is 0 Å². The maximum absolute atomic E-state index is 12.9. The lowest BCUT2D eigenvalue weighted by atomic mass is 10.0. The molecule has 3 aromatic rings. The van der Waals surface area contributed by atoms with Gasteiger partial charge in [-0.2, -0.15) is 0 Å². The van der Waals surface area contributed by atoms with E-state index in [-0.39, 0.29) is 5.91 Å². The molecule has 0 spiro atoms. The number of amides is 1. The standard InChI is InChI=1S/C22H24N4O2S/c1-3-16-6-4-5-7-18(16)20-15-29-22(24-20)25(2)21(27)19-9-8-17(14-23-19)26-10-12-28-13-11-26/h4-9,14-15H,3,10-13H2,1-2H3. The predicted molar refractivity (Wildman–Crippen MR) is 117 cm³/mol. The van der Waals surface area contributed by atoms with Crippen LogP contribution in [0.25, 0.3) is 11.3 Å². The number of hydrogen-bond donors (Lipinski definition) is 0. The summed E-state index contributed by atoms with van der Waals surface area (Å²) >= 11 is 1.46. The summed E-state index contributed by atoms with van der Waals surface area (Å²) in [5, 5.41) is 2.66. The molecular formula is C22H24N4O2S. The molecule has 7 heteroatoms. The lowest BCUT2D eigenvalue weighted by molar-refractivity contribution is 0.0988. The van der Waals surface area contributed by atoms with Crippen molar-refractivity contribution in [1.29, 1.82) is 0 Å². The van der Waals surface area contributed by atoms with E-state index in [1.165, 1.54) is 16.9 Å². The van der Waals surface area contributed by atoms with Crippen LogP contribution < -0.4 is 9.80 Å². The smallest absolute Gasteiger partial charge is 0.278 e. The van der Waals surface area contributed by atoms with Crippen LogP contribution in [0.5, 0.6) is 0 Å². The molecule has 0 atom stereocenters. The van der Waals surface area contributed by atoms with Crippen LogP contribution in [0, 0.1) is 0 Å². The Bertz CT molecular complexity index is 980. The van der Waals surface area contributed by atoms with Crippen molar-refractivity contribution < 1.29 is 9.53 Å². The number of rotatable bonds is 5. The Morgan fingerprint density at radius 3 is 2.72 bits per heavy atom. The first-order valence-corrected chi connectivity index (χ1v) is 10.7. The zero-order chi connectivity index (χ0) is 20.2. The largest absolute Gasteiger partial charge is 0.378 e. The summed E-state index contributed by atoms with van der Waals surface area (Å²) in [6.07, 6.45) is 2.70. The van der Waals surface area contributed by atoms with Gasteiger partial charge in [0.2, 0.25) is 0 Å². The van der Waals surface area contributed by atoms with Crippen LogP contribution in [0.4, 0.5) is 10.8 Å². The van der Waals surface area contributed by atoms with Crippen LogP contribution in [0.2, 0.25) is 0 Å². The van der Waals surface area contributed by atoms with Crippen LogP contribution in [0.3, 0.4) is 0 Å². The summed E-state index contributed by atoms with van der Waals surface area (Å²) in [5.74, 6) is -0.164. The minimum absolute atomic E-state index is 0.164. The van der Waals surface area contributed by atoms with Crippen molar-refractivity contribution in [2.24, 2.45) is 0 Å². The highest BCUT2D eigenvalue weighted by atomic mass is 32.1. The molecule has 1 aliphatic rings. The first-order chi connectivity index (χ1) is 14.2. The SMILES string of the molecule is CCc1ccccc1-c1csc(N(C)C(=O)c2ccc(N3CCOCC3)cn2)n1. The zero-order valence-electron chi connectivity index (χ0n) is 16.7. The third-order valence-corrected chi connectivity index (χ3v) is 6.02. The molecule has 1 amide bonds. The van der Waals surface area contributed by atoms with E-state index in [1.807, 2.05) is 23.6 Å². The second-order valence-electron chi connectivity index (χ2n) is 6.89. The molecule has 0 unspecified atom stereocenters. The van der Waals surface area contributed by atoms with Gasteiger partial charge in [0.05, 0.1) is 30.8 Å². The fraction of sp³-hybridized carbons (Fsp3) is 0.318. The van der Waals surface area contributed by atoms with Crippen molar-refractivity contribution >= 4 is 28.1 Å². The number of thiazole rings is 1. The van der Waals surface area contributed by atoms with E-state index < -0.39 is 0 Å². The second-order valence-corrected chi connectivity index (χ2v) is 7.73. The Kier molecular flexibility index (Phi) is 5.87. The lowest BCUT2D eigenvalue weighted by Gasteiger charge is -2.28. The molecule has 0 radical (unpaired) electrons. The van der Waals surface area contributed by atoms with Gasteiger partial charge in [0.15, 0.2) is 5.13 Å². The Balaban J connectivity index is 1.50. The number of aryl methyl sites for hydroxylation is 1. The highest BCUT2D eigenvalue weighted by Gasteiger charge is 2.19. The number of pyridine rings is 1. The van der Waals surface area contributed by atoms with Gasteiger partial charge >= 0.3 is 0 Å². The summed E-state index contributed by atoms with van der Waals surface area (Å²) in [4.78, 5) is 25.8. The molecular weight excluding hydrogens is 384 g/mol. The molecule has 0 bridgehead atoms. The fourth-order valence-corrected chi connectivity index (χ4v) is 4.19. The molecule has 1 fully saturated rings. The summed E-state index contributed by atoms with van der Waals surface area (Å²) < 4.78 is 5.38. The molecule has 1 saturated heterocycles. The van der Waals surface area contributed by atoms with Crippen LogP contribution in [-0.2, 0) is 11.2 Å². The maximum atomic E-state index is 12.9. The average molecular weight is 409 g/mol. The molecule has 3 heterocycles. The fourth-order valence-electron chi connectivity index (χ4n) is 3.40. The number of ether oxygens (including phenoxy) is 1. The van der Waals surface area contributed by atoms with Gasteiger partial charge in [-0.1, -0.05) is 31.2 Å². The molecule has 4 rings (SSSR count). The maximum Gasteiger partial charge on any atom is 0.278 e. The lowest BCUT2D eigenvalue weighted by Crippen LogP contribution is -2.36. The van der Waals surface area contributed by atoms with Crippen LogP contribution in [0.1, 0.15) is 23.0 Å². The van der Waals surface area contributed by atoms with Crippen LogP contribution in [0.15, 0.2) is 48.0 Å². The summed E-state index contributed by atoms with van der Waals surface area (Å²) in [6, 6.07) is 12.0. The number of anilines is 2. The Morgan fingerprint density at radius 1 is 1.21 bits per heavy atom. The molecule has 150 valence electrons. The molecule has 29 heavy (non-hydrogen) atoms. The molecule has 1 aromatic carbocycles. The third-order valence-electron chi connectivity index (χ3n) is 5.10.